The minimum atomic E-state index is -0.472. The van der Waals surface area contributed by atoms with Crippen molar-refractivity contribution in [1.29, 1.82) is 5.26 Å². The van der Waals surface area contributed by atoms with Crippen molar-refractivity contribution in [2.45, 2.75) is 12.8 Å². The molecule has 0 aliphatic heterocycles. The van der Waals surface area contributed by atoms with Gasteiger partial charge in [-0.2, -0.15) is 10.4 Å². The Bertz CT molecular complexity index is 1250. The van der Waals surface area contributed by atoms with Crippen molar-refractivity contribution in [3.8, 4) is 17.6 Å². The molecule has 0 saturated carbocycles. The lowest BCUT2D eigenvalue weighted by atomic mass is 10.1. The van der Waals surface area contributed by atoms with Crippen molar-refractivity contribution in [3.05, 3.63) is 80.8 Å². The Morgan fingerprint density at radius 2 is 2.07 bits per heavy atom. The molecule has 0 aliphatic carbocycles. The second-order valence-electron chi connectivity index (χ2n) is 6.32. The van der Waals surface area contributed by atoms with Crippen LogP contribution in [0, 0.1) is 17.1 Å². The van der Waals surface area contributed by atoms with Crippen LogP contribution in [0.2, 0.25) is 5.02 Å². The minimum Gasteiger partial charge on any atom is -0.453 e. The lowest BCUT2D eigenvalue weighted by Crippen LogP contribution is -1.99. The van der Waals surface area contributed by atoms with Crippen molar-refractivity contribution in [3.63, 3.8) is 0 Å². The number of nitrogens with one attached hydrogen (secondary N) is 1. The topological polar surface area (TPSA) is 74.6 Å². The number of halogens is 3. The fourth-order valence-corrected chi connectivity index (χ4v) is 3.63. The average molecular weight is 472 g/mol. The predicted molar refractivity (Wildman–Crippen MR) is 112 cm³/mol. The van der Waals surface area contributed by atoms with Crippen molar-refractivity contribution in [2.75, 3.05) is 0 Å². The lowest BCUT2D eigenvalue weighted by molar-refractivity contribution is 0.435. The summed E-state index contributed by atoms with van der Waals surface area (Å²) in [6, 6.07) is 13.8. The molecule has 0 unspecified atom stereocenters. The zero-order valence-corrected chi connectivity index (χ0v) is 17.3. The Morgan fingerprint density at radius 1 is 1.21 bits per heavy atom. The third-order valence-corrected chi connectivity index (χ3v) is 5.24. The van der Waals surface area contributed by atoms with E-state index >= 15 is 4.39 Å². The first kappa shape index (κ1) is 19.4. The molecule has 144 valence electrons. The number of fused-ring (bicyclic) bond motifs is 1. The van der Waals surface area contributed by atoms with Crippen LogP contribution in [0.3, 0.4) is 0 Å². The van der Waals surface area contributed by atoms with Gasteiger partial charge in [0.25, 0.3) is 0 Å². The maximum Gasteiger partial charge on any atom is 0.181 e. The van der Waals surface area contributed by atoms with E-state index in [1.54, 1.807) is 18.3 Å². The zero-order chi connectivity index (χ0) is 20.4. The van der Waals surface area contributed by atoms with Crippen molar-refractivity contribution >= 4 is 38.6 Å². The molecule has 0 saturated heterocycles. The van der Waals surface area contributed by atoms with E-state index in [1.165, 1.54) is 18.2 Å². The lowest BCUT2D eigenvalue weighted by Gasteiger charge is -2.12. The molecular weight excluding hydrogens is 459 g/mol. The van der Waals surface area contributed by atoms with E-state index in [1.807, 2.05) is 18.2 Å². The third kappa shape index (κ3) is 4.09. The number of benzene rings is 2. The highest BCUT2D eigenvalue weighted by Gasteiger charge is 2.16. The smallest absolute Gasteiger partial charge is 0.181 e. The van der Waals surface area contributed by atoms with Crippen LogP contribution in [0.1, 0.15) is 16.8 Å². The number of ether oxygens (including phenoxy) is 1. The largest absolute Gasteiger partial charge is 0.453 e. The van der Waals surface area contributed by atoms with Crippen LogP contribution < -0.4 is 4.74 Å². The van der Waals surface area contributed by atoms with Crippen molar-refractivity contribution in [1.82, 2.24) is 15.2 Å². The van der Waals surface area contributed by atoms with Gasteiger partial charge in [0.05, 0.1) is 16.1 Å². The Morgan fingerprint density at radius 3 is 2.90 bits per heavy atom. The van der Waals surface area contributed by atoms with Crippen LogP contribution >= 0.6 is 27.5 Å². The molecule has 0 amide bonds. The summed E-state index contributed by atoms with van der Waals surface area (Å²) >= 11 is 9.34. The van der Waals surface area contributed by atoms with Gasteiger partial charge in [-0.15, -0.1) is 0 Å². The monoisotopic (exact) mass is 470 g/mol. The second-order valence-corrected chi connectivity index (χ2v) is 7.61. The fourth-order valence-electron chi connectivity index (χ4n) is 3.02. The van der Waals surface area contributed by atoms with Crippen LogP contribution in [-0.4, -0.2) is 15.2 Å². The molecule has 0 bridgehead atoms. The second kappa shape index (κ2) is 8.19. The molecule has 0 spiro atoms. The molecule has 0 fully saturated rings. The standard InChI is InChI=1S/C21H13BrClFN4O/c22-17-5-3-13(4-6-18-16-2-1-7-26-21(16)28-27-18)19(24)20(17)29-15-9-12(11-25)8-14(23)10-15/h1-3,5,7-10H,4,6H2,(H,26,27,28). The van der Waals surface area contributed by atoms with E-state index in [4.69, 9.17) is 21.6 Å². The van der Waals surface area contributed by atoms with Gasteiger partial charge in [-0.3, -0.25) is 5.10 Å². The summed E-state index contributed by atoms with van der Waals surface area (Å²) in [6.45, 7) is 0. The summed E-state index contributed by atoms with van der Waals surface area (Å²) in [5.74, 6) is -0.138. The highest BCUT2D eigenvalue weighted by molar-refractivity contribution is 9.10. The first-order valence-electron chi connectivity index (χ1n) is 8.68. The van der Waals surface area contributed by atoms with Crippen LogP contribution in [0.15, 0.2) is 53.1 Å². The minimum absolute atomic E-state index is 0.0461. The van der Waals surface area contributed by atoms with Crippen LogP contribution in [0.25, 0.3) is 11.0 Å². The summed E-state index contributed by atoms with van der Waals surface area (Å²) < 4.78 is 21.3. The Balaban J connectivity index is 1.60. The van der Waals surface area contributed by atoms with E-state index in [9.17, 15) is 0 Å². The Hall–Kier alpha value is -2.95. The van der Waals surface area contributed by atoms with E-state index in [0.29, 0.717) is 39.1 Å². The molecule has 4 aromatic rings. The predicted octanol–water partition coefficient (Wildman–Crippen LogP) is 5.96. The summed E-state index contributed by atoms with van der Waals surface area (Å²) in [5, 5.41) is 17.5. The molecule has 0 atom stereocenters. The normalized spacial score (nSPS) is 10.8. The Labute approximate surface area is 179 Å². The van der Waals surface area contributed by atoms with Gasteiger partial charge in [0.2, 0.25) is 0 Å². The van der Waals surface area contributed by atoms with Gasteiger partial charge >= 0.3 is 0 Å². The maximum absolute atomic E-state index is 15.2. The van der Waals surface area contributed by atoms with Gasteiger partial charge < -0.3 is 4.74 Å². The number of aromatic nitrogens is 3. The van der Waals surface area contributed by atoms with E-state index in [-0.39, 0.29) is 11.5 Å². The molecule has 0 aliphatic rings. The van der Waals surface area contributed by atoms with E-state index < -0.39 is 5.82 Å². The number of hydrogen-bond acceptors (Lipinski definition) is 4. The number of hydrogen-bond donors (Lipinski definition) is 1. The number of H-pyrrole nitrogens is 1. The quantitative estimate of drug-likeness (QED) is 0.389. The molecule has 2 heterocycles. The van der Waals surface area contributed by atoms with Crippen LogP contribution in [-0.2, 0) is 12.8 Å². The number of nitriles is 1. The highest BCUT2D eigenvalue weighted by atomic mass is 79.9. The fraction of sp³-hybridized carbons (Fsp3) is 0.0952. The van der Waals surface area contributed by atoms with Crippen LogP contribution in [0.5, 0.6) is 11.5 Å². The third-order valence-electron chi connectivity index (χ3n) is 4.40. The van der Waals surface area contributed by atoms with Crippen molar-refractivity contribution < 1.29 is 9.13 Å². The summed E-state index contributed by atoms with van der Waals surface area (Å²) in [7, 11) is 0. The van der Waals surface area contributed by atoms with Gasteiger partial charge in [0.15, 0.2) is 17.2 Å². The van der Waals surface area contributed by atoms with Crippen molar-refractivity contribution in [2.24, 2.45) is 0 Å². The van der Waals surface area contributed by atoms with Gasteiger partial charge in [-0.05, 0) is 70.7 Å². The first-order valence-corrected chi connectivity index (χ1v) is 9.85. The number of aromatic amines is 1. The molecule has 1 N–H and O–H groups in total. The van der Waals surface area contributed by atoms with Crippen LogP contribution in [0.4, 0.5) is 4.39 Å². The molecule has 0 radical (unpaired) electrons. The number of pyridine rings is 1. The van der Waals surface area contributed by atoms with Gasteiger partial charge in [-0.1, -0.05) is 17.7 Å². The number of nitrogens with zero attached hydrogens (tertiary/aromatic N) is 3. The molecule has 8 heteroatoms. The molecule has 4 rings (SSSR count). The molecule has 5 nitrogen and oxygen atoms in total. The van der Waals surface area contributed by atoms with Gasteiger partial charge in [0.1, 0.15) is 5.75 Å². The van der Waals surface area contributed by atoms with Gasteiger partial charge in [-0.25, -0.2) is 9.37 Å². The highest BCUT2D eigenvalue weighted by Crippen LogP contribution is 2.36. The summed E-state index contributed by atoms with van der Waals surface area (Å²) in [5.41, 5.74) is 2.36. The Kier molecular flexibility index (Phi) is 5.47. The number of rotatable bonds is 5. The summed E-state index contributed by atoms with van der Waals surface area (Å²) in [6.07, 6.45) is 2.69. The van der Waals surface area contributed by atoms with E-state index in [0.717, 1.165) is 11.1 Å². The first-order chi connectivity index (χ1) is 14.0. The van der Waals surface area contributed by atoms with Gasteiger partial charge in [0, 0.05) is 22.3 Å². The zero-order valence-electron chi connectivity index (χ0n) is 14.9. The molecular formula is C21H13BrClFN4O. The molecule has 2 aromatic carbocycles. The molecule has 2 aromatic heterocycles. The van der Waals surface area contributed by atoms with E-state index in [2.05, 4.69) is 31.1 Å². The molecule has 29 heavy (non-hydrogen) atoms. The number of aryl methyl sites for hydroxylation is 2. The summed E-state index contributed by atoms with van der Waals surface area (Å²) in [4.78, 5) is 4.19. The SMILES string of the molecule is N#Cc1cc(Cl)cc(Oc2c(Br)ccc(CCc3[nH]nc4ncccc34)c2F)c1. The average Bonchev–Trinajstić information content (AvgIpc) is 3.13. The maximum atomic E-state index is 15.2.